The minimum atomic E-state index is -3.36. The molecule has 9 heteroatoms. The zero-order valence-corrected chi connectivity index (χ0v) is 16.8. The average molecular weight is 406 g/mol. The fraction of sp³-hybridized carbons (Fsp3) is 0.263. The van der Waals surface area contributed by atoms with Crippen molar-refractivity contribution >= 4 is 33.3 Å². The zero-order valence-electron chi connectivity index (χ0n) is 16.0. The molecule has 1 atom stereocenters. The molecule has 1 amide bonds. The maximum Gasteiger partial charge on any atom is 0.339 e. The van der Waals surface area contributed by atoms with E-state index < -0.39 is 28.0 Å². The summed E-state index contributed by atoms with van der Waals surface area (Å²) in [6, 6.07) is 12.8. The third kappa shape index (κ3) is 5.23. The summed E-state index contributed by atoms with van der Waals surface area (Å²) in [5.41, 5.74) is 1.03. The SMILES string of the molecule is COC(=O)c1ccccc1NC(=O)[C@H](C)Oc1ccc(N(C)S(C)(=O)=O)cc1. The first kappa shape index (κ1) is 21.2. The molecule has 0 heterocycles. The minimum absolute atomic E-state index is 0.235. The molecule has 2 aromatic rings. The first-order valence-corrected chi connectivity index (χ1v) is 10.2. The number of esters is 1. The first-order chi connectivity index (χ1) is 13.1. The number of carbonyl (C=O) groups is 2. The summed E-state index contributed by atoms with van der Waals surface area (Å²) in [6.45, 7) is 1.56. The molecule has 0 aliphatic carbocycles. The summed E-state index contributed by atoms with van der Waals surface area (Å²) >= 11 is 0. The second-order valence-electron chi connectivity index (χ2n) is 6.01. The largest absolute Gasteiger partial charge is 0.481 e. The molecule has 0 unspecified atom stereocenters. The van der Waals surface area contributed by atoms with Crippen molar-refractivity contribution in [2.45, 2.75) is 13.0 Å². The Hall–Kier alpha value is -3.07. The van der Waals surface area contributed by atoms with Crippen molar-refractivity contribution in [1.82, 2.24) is 0 Å². The fourth-order valence-electron chi connectivity index (χ4n) is 2.30. The van der Waals surface area contributed by atoms with Gasteiger partial charge >= 0.3 is 5.97 Å². The van der Waals surface area contributed by atoms with Crippen LogP contribution in [0.5, 0.6) is 5.75 Å². The Morgan fingerprint density at radius 2 is 1.68 bits per heavy atom. The topological polar surface area (TPSA) is 102 Å². The van der Waals surface area contributed by atoms with Gasteiger partial charge in [0.1, 0.15) is 5.75 Å². The number of carbonyl (C=O) groups excluding carboxylic acids is 2. The molecule has 0 aliphatic heterocycles. The Morgan fingerprint density at radius 3 is 2.25 bits per heavy atom. The molecule has 0 spiro atoms. The monoisotopic (exact) mass is 406 g/mol. The van der Waals surface area contributed by atoms with E-state index in [9.17, 15) is 18.0 Å². The number of sulfonamides is 1. The van der Waals surface area contributed by atoms with Gasteiger partial charge in [-0.05, 0) is 43.3 Å². The molecular weight excluding hydrogens is 384 g/mol. The molecule has 0 saturated heterocycles. The van der Waals surface area contributed by atoms with E-state index in [0.717, 1.165) is 10.6 Å². The van der Waals surface area contributed by atoms with Crippen LogP contribution in [0.1, 0.15) is 17.3 Å². The van der Waals surface area contributed by atoms with E-state index in [2.05, 4.69) is 5.32 Å². The van der Waals surface area contributed by atoms with Crippen LogP contribution in [0.2, 0.25) is 0 Å². The smallest absolute Gasteiger partial charge is 0.339 e. The number of anilines is 2. The Balaban J connectivity index is 2.06. The predicted molar refractivity (Wildman–Crippen MR) is 106 cm³/mol. The number of ether oxygens (including phenoxy) is 2. The Kier molecular flexibility index (Phi) is 6.63. The highest BCUT2D eigenvalue weighted by Gasteiger charge is 2.19. The number of para-hydroxylation sites is 1. The van der Waals surface area contributed by atoms with Crippen molar-refractivity contribution in [3.05, 3.63) is 54.1 Å². The molecule has 28 heavy (non-hydrogen) atoms. The van der Waals surface area contributed by atoms with Crippen molar-refractivity contribution in [3.8, 4) is 5.75 Å². The van der Waals surface area contributed by atoms with Gasteiger partial charge in [-0.25, -0.2) is 13.2 Å². The fourth-order valence-corrected chi connectivity index (χ4v) is 2.80. The van der Waals surface area contributed by atoms with Crippen molar-refractivity contribution in [2.75, 3.05) is 30.0 Å². The third-order valence-corrected chi connectivity index (χ3v) is 5.18. The molecule has 150 valence electrons. The zero-order chi connectivity index (χ0) is 20.9. The predicted octanol–water partition coefficient (Wildman–Crippen LogP) is 2.28. The first-order valence-electron chi connectivity index (χ1n) is 8.32. The number of nitrogens with zero attached hydrogens (tertiary/aromatic N) is 1. The maximum absolute atomic E-state index is 12.4. The van der Waals surface area contributed by atoms with Gasteiger partial charge in [-0.2, -0.15) is 0 Å². The molecule has 8 nitrogen and oxygen atoms in total. The average Bonchev–Trinajstić information content (AvgIpc) is 2.67. The summed E-state index contributed by atoms with van der Waals surface area (Å²) in [7, 11) is -0.657. The van der Waals surface area contributed by atoms with E-state index in [4.69, 9.17) is 9.47 Å². The van der Waals surface area contributed by atoms with Crippen molar-refractivity contribution in [2.24, 2.45) is 0 Å². The second-order valence-corrected chi connectivity index (χ2v) is 8.02. The number of methoxy groups -OCH3 is 1. The Labute approximate surface area is 164 Å². The molecule has 2 rings (SSSR count). The van der Waals surface area contributed by atoms with E-state index in [1.54, 1.807) is 55.5 Å². The Bertz CT molecular complexity index is 957. The van der Waals surface area contributed by atoms with Gasteiger partial charge in [0.2, 0.25) is 10.0 Å². The highest BCUT2D eigenvalue weighted by atomic mass is 32.2. The van der Waals surface area contributed by atoms with Crippen molar-refractivity contribution < 1.29 is 27.5 Å². The summed E-state index contributed by atoms with van der Waals surface area (Å²) in [5, 5.41) is 2.64. The number of nitrogens with one attached hydrogen (secondary N) is 1. The van der Waals surface area contributed by atoms with Crippen LogP contribution in [0, 0.1) is 0 Å². The van der Waals surface area contributed by atoms with Crippen LogP contribution >= 0.6 is 0 Å². The summed E-state index contributed by atoms with van der Waals surface area (Å²) in [5.74, 6) is -0.613. The maximum atomic E-state index is 12.4. The second kappa shape index (κ2) is 8.75. The van der Waals surface area contributed by atoms with Gasteiger partial charge in [-0.1, -0.05) is 12.1 Å². The van der Waals surface area contributed by atoms with Crippen LogP contribution in [-0.4, -0.2) is 46.8 Å². The van der Waals surface area contributed by atoms with Crippen LogP contribution in [0.3, 0.4) is 0 Å². The van der Waals surface area contributed by atoms with Gasteiger partial charge < -0.3 is 14.8 Å². The van der Waals surface area contributed by atoms with Crippen LogP contribution < -0.4 is 14.4 Å². The van der Waals surface area contributed by atoms with Gasteiger partial charge in [0.15, 0.2) is 6.10 Å². The molecule has 1 N–H and O–H groups in total. The lowest BCUT2D eigenvalue weighted by Crippen LogP contribution is -2.30. The summed E-state index contributed by atoms with van der Waals surface area (Å²) in [4.78, 5) is 24.2. The molecule has 0 aromatic heterocycles. The van der Waals surface area contributed by atoms with Gasteiger partial charge in [0, 0.05) is 7.05 Å². The molecule has 0 radical (unpaired) electrons. The number of benzene rings is 2. The number of hydrogen-bond acceptors (Lipinski definition) is 6. The van der Waals surface area contributed by atoms with Crippen LogP contribution in [0.15, 0.2) is 48.5 Å². The van der Waals surface area contributed by atoms with Crippen molar-refractivity contribution in [3.63, 3.8) is 0 Å². The highest BCUT2D eigenvalue weighted by Crippen LogP contribution is 2.22. The number of amides is 1. The Morgan fingerprint density at radius 1 is 1.07 bits per heavy atom. The van der Waals surface area contributed by atoms with Gasteiger partial charge in [-0.3, -0.25) is 9.10 Å². The number of rotatable bonds is 7. The molecule has 0 aliphatic rings. The molecule has 0 bridgehead atoms. The quantitative estimate of drug-likeness (QED) is 0.708. The van der Waals surface area contributed by atoms with Crippen LogP contribution in [0.4, 0.5) is 11.4 Å². The normalized spacial score (nSPS) is 12.0. The number of hydrogen-bond donors (Lipinski definition) is 1. The molecule has 0 fully saturated rings. The van der Waals surface area contributed by atoms with Gasteiger partial charge in [-0.15, -0.1) is 0 Å². The van der Waals surface area contributed by atoms with Crippen molar-refractivity contribution in [1.29, 1.82) is 0 Å². The van der Waals surface area contributed by atoms with Gasteiger partial charge in [0.25, 0.3) is 5.91 Å². The van der Waals surface area contributed by atoms with Crippen LogP contribution in [-0.2, 0) is 19.6 Å². The lowest BCUT2D eigenvalue weighted by atomic mass is 10.1. The van der Waals surface area contributed by atoms with E-state index in [1.165, 1.54) is 14.2 Å². The minimum Gasteiger partial charge on any atom is -0.481 e. The van der Waals surface area contributed by atoms with Gasteiger partial charge in [0.05, 0.1) is 30.3 Å². The van der Waals surface area contributed by atoms with E-state index in [-0.39, 0.29) is 5.56 Å². The lowest BCUT2D eigenvalue weighted by Gasteiger charge is -2.18. The lowest BCUT2D eigenvalue weighted by molar-refractivity contribution is -0.122. The van der Waals surface area contributed by atoms with E-state index in [1.807, 2.05) is 0 Å². The molecular formula is C19H22N2O6S. The summed E-state index contributed by atoms with van der Waals surface area (Å²) < 4.78 is 34.6. The standard InChI is InChI=1S/C19H22N2O6S/c1-13(18(22)20-17-8-6-5-7-16(17)19(23)26-3)27-15-11-9-14(10-12-15)21(2)28(4,24)25/h5-13H,1-4H3,(H,20,22)/t13-/m0/s1. The van der Waals surface area contributed by atoms with Crippen LogP contribution in [0.25, 0.3) is 0 Å². The summed E-state index contributed by atoms with van der Waals surface area (Å²) in [6.07, 6.45) is 0.250. The molecule has 0 saturated carbocycles. The van der Waals surface area contributed by atoms with E-state index in [0.29, 0.717) is 17.1 Å². The molecule has 2 aromatic carbocycles. The van der Waals surface area contributed by atoms with E-state index >= 15 is 0 Å². The third-order valence-electron chi connectivity index (χ3n) is 3.97. The highest BCUT2D eigenvalue weighted by molar-refractivity contribution is 7.92.